The maximum Gasteiger partial charge on any atom is 0.315 e. The van der Waals surface area contributed by atoms with Crippen molar-refractivity contribution >= 4 is 16.8 Å². The highest BCUT2D eigenvalue weighted by Gasteiger charge is 2.18. The monoisotopic (exact) mass is 239 g/mol. The van der Waals surface area contributed by atoms with Gasteiger partial charge in [0, 0.05) is 5.56 Å². The molecule has 2 aromatic rings. The van der Waals surface area contributed by atoms with E-state index in [1.165, 1.54) is 18.2 Å². The highest BCUT2D eigenvalue weighted by atomic mass is 19.2. The summed E-state index contributed by atoms with van der Waals surface area (Å²) in [6.45, 7) is 1.69. The Hall–Kier alpha value is -1.75. The first kappa shape index (κ1) is 11.7. The molecule has 0 aliphatic carbocycles. The lowest BCUT2D eigenvalue weighted by Crippen LogP contribution is -2.30. The number of hydrogen-bond acceptors (Lipinski definition) is 3. The van der Waals surface area contributed by atoms with Crippen LogP contribution in [-0.2, 0) is 0 Å². The fraction of sp³-hybridized carbons (Fsp3) is 0.250. The van der Waals surface area contributed by atoms with Gasteiger partial charge in [0.15, 0.2) is 5.78 Å². The number of furan rings is 1. The summed E-state index contributed by atoms with van der Waals surface area (Å²) in [5.41, 5.74) is 0.410. The summed E-state index contributed by atoms with van der Waals surface area (Å²) in [4.78, 5) is 11.8. The third kappa shape index (κ3) is 1.93. The lowest BCUT2D eigenvalue weighted by Gasteiger charge is -2.08. The molecule has 0 amide bonds. The Morgan fingerprint density at radius 1 is 1.41 bits per heavy atom. The number of Topliss-reactive ketones (excluding diaryl/α,β-unsaturated/α-hetero) is 1. The van der Waals surface area contributed by atoms with E-state index in [4.69, 9.17) is 0 Å². The van der Waals surface area contributed by atoms with Crippen LogP contribution in [0.5, 0.6) is 0 Å². The van der Waals surface area contributed by atoms with E-state index in [1.807, 2.05) is 0 Å². The molecule has 5 heteroatoms. The molecule has 0 aliphatic rings. The maximum atomic E-state index is 13.3. The quantitative estimate of drug-likeness (QED) is 0.837. The van der Waals surface area contributed by atoms with Crippen LogP contribution in [0.2, 0.25) is 0 Å². The fourth-order valence-electron chi connectivity index (χ4n) is 1.57. The number of halogens is 2. The van der Waals surface area contributed by atoms with E-state index < -0.39 is 11.8 Å². The van der Waals surface area contributed by atoms with Crippen LogP contribution in [-0.4, -0.2) is 18.9 Å². The minimum atomic E-state index is -1.26. The lowest BCUT2D eigenvalue weighted by atomic mass is 10.0. The van der Waals surface area contributed by atoms with Gasteiger partial charge >= 0.3 is 6.01 Å². The molecule has 0 saturated heterocycles. The van der Waals surface area contributed by atoms with Gasteiger partial charge in [0.25, 0.3) is 0 Å². The second-order valence-corrected chi connectivity index (χ2v) is 3.78. The molecule has 2 rings (SSSR count). The molecule has 0 radical (unpaired) electrons. The molecule has 1 heterocycles. The van der Waals surface area contributed by atoms with E-state index >= 15 is 0 Å². The third-order valence-corrected chi connectivity index (χ3v) is 2.70. The van der Waals surface area contributed by atoms with Crippen molar-refractivity contribution < 1.29 is 18.0 Å². The number of nitrogens with one attached hydrogen (secondary N) is 1. The van der Waals surface area contributed by atoms with Gasteiger partial charge in [0.2, 0.25) is 5.82 Å². The van der Waals surface area contributed by atoms with Crippen LogP contribution in [0.3, 0.4) is 0 Å². The van der Waals surface area contributed by atoms with E-state index in [0.29, 0.717) is 5.56 Å². The van der Waals surface area contributed by atoms with Crippen LogP contribution in [0.1, 0.15) is 17.3 Å². The number of carbonyl (C=O) groups excluding carboxylic acids is 1. The van der Waals surface area contributed by atoms with Crippen molar-refractivity contribution in [3.63, 3.8) is 0 Å². The first-order valence-corrected chi connectivity index (χ1v) is 5.13. The number of hydrogen-bond donors (Lipinski definition) is 1. The highest BCUT2D eigenvalue weighted by molar-refractivity contribution is 6.02. The molecule has 1 aromatic carbocycles. The van der Waals surface area contributed by atoms with Crippen molar-refractivity contribution in [1.82, 2.24) is 5.32 Å². The van der Waals surface area contributed by atoms with E-state index in [0.717, 1.165) is 0 Å². The van der Waals surface area contributed by atoms with E-state index in [-0.39, 0.29) is 22.8 Å². The normalized spacial score (nSPS) is 12.9. The number of ketones is 1. The van der Waals surface area contributed by atoms with Gasteiger partial charge in [0.05, 0.1) is 11.4 Å². The zero-order valence-corrected chi connectivity index (χ0v) is 9.38. The Morgan fingerprint density at radius 2 is 2.12 bits per heavy atom. The third-order valence-electron chi connectivity index (χ3n) is 2.70. The molecule has 90 valence electrons. The fourth-order valence-corrected chi connectivity index (χ4v) is 1.57. The molecule has 17 heavy (non-hydrogen) atoms. The van der Waals surface area contributed by atoms with Crippen molar-refractivity contribution in [2.45, 2.75) is 13.0 Å². The summed E-state index contributed by atoms with van der Waals surface area (Å²) >= 11 is 0. The highest BCUT2D eigenvalue weighted by Crippen LogP contribution is 2.24. The number of rotatable bonds is 3. The number of benzene rings is 1. The average molecular weight is 239 g/mol. The van der Waals surface area contributed by atoms with Crippen molar-refractivity contribution in [2.75, 3.05) is 7.05 Å². The summed E-state index contributed by atoms with van der Waals surface area (Å²) in [7, 11) is 1.65. The molecule has 3 nitrogen and oxygen atoms in total. The molecule has 1 atom stereocenters. The van der Waals surface area contributed by atoms with Gasteiger partial charge in [-0.15, -0.1) is 0 Å². The predicted molar refractivity (Wildman–Crippen MR) is 59.0 cm³/mol. The second kappa shape index (κ2) is 4.25. The standard InChI is InChI=1S/C12H11F2NO2/c1-6(15-2)11(16)7-3-4-9-8(5-7)10(13)12(14)17-9/h3-6,15H,1-2H3/t6-/m0/s1. The van der Waals surface area contributed by atoms with Gasteiger partial charge in [-0.3, -0.25) is 4.79 Å². The van der Waals surface area contributed by atoms with Crippen molar-refractivity contribution in [2.24, 2.45) is 0 Å². The van der Waals surface area contributed by atoms with E-state index in [1.54, 1.807) is 14.0 Å². The minimum absolute atomic E-state index is 0.0170. The first-order chi connectivity index (χ1) is 8.04. The van der Waals surface area contributed by atoms with Crippen LogP contribution >= 0.6 is 0 Å². The molecule has 0 aliphatic heterocycles. The summed E-state index contributed by atoms with van der Waals surface area (Å²) in [6, 6.07) is 2.53. The van der Waals surface area contributed by atoms with Crippen LogP contribution < -0.4 is 5.32 Å². The maximum absolute atomic E-state index is 13.3. The van der Waals surface area contributed by atoms with Crippen molar-refractivity contribution in [1.29, 1.82) is 0 Å². The molecule has 0 fully saturated rings. The molecule has 0 saturated carbocycles. The van der Waals surface area contributed by atoms with Crippen LogP contribution in [0.4, 0.5) is 8.78 Å². The van der Waals surface area contributed by atoms with Gasteiger partial charge in [0.1, 0.15) is 5.58 Å². The van der Waals surface area contributed by atoms with E-state index in [2.05, 4.69) is 9.73 Å². The largest absolute Gasteiger partial charge is 0.429 e. The average Bonchev–Trinajstić information content (AvgIpc) is 2.63. The Labute approximate surface area is 96.4 Å². The summed E-state index contributed by atoms with van der Waals surface area (Å²) in [5.74, 6) is -1.25. The Balaban J connectivity index is 2.51. The van der Waals surface area contributed by atoms with Gasteiger partial charge in [-0.2, -0.15) is 8.78 Å². The predicted octanol–water partition coefficient (Wildman–Crippen LogP) is 2.50. The van der Waals surface area contributed by atoms with Gasteiger partial charge in [-0.1, -0.05) is 0 Å². The Kier molecular flexibility index (Phi) is 2.93. The van der Waals surface area contributed by atoms with Crippen LogP contribution in [0, 0.1) is 11.8 Å². The molecular formula is C12H11F2NO2. The number of fused-ring (bicyclic) bond motifs is 1. The van der Waals surface area contributed by atoms with Gasteiger partial charge in [-0.25, -0.2) is 0 Å². The summed E-state index contributed by atoms with van der Waals surface area (Å²) < 4.78 is 30.7. The zero-order chi connectivity index (χ0) is 12.6. The van der Waals surface area contributed by atoms with E-state index in [9.17, 15) is 13.6 Å². The van der Waals surface area contributed by atoms with Crippen molar-refractivity contribution in [3.05, 3.63) is 35.6 Å². The second-order valence-electron chi connectivity index (χ2n) is 3.78. The molecule has 0 bridgehead atoms. The van der Waals surface area contributed by atoms with Crippen LogP contribution in [0.25, 0.3) is 11.0 Å². The number of carbonyl (C=O) groups is 1. The summed E-state index contributed by atoms with van der Waals surface area (Å²) in [6.07, 6.45) is 0. The molecular weight excluding hydrogens is 228 g/mol. The topological polar surface area (TPSA) is 42.2 Å². The van der Waals surface area contributed by atoms with Gasteiger partial charge < -0.3 is 9.73 Å². The molecule has 1 N–H and O–H groups in total. The smallest absolute Gasteiger partial charge is 0.315 e. The SMILES string of the molecule is CN[C@@H](C)C(=O)c1ccc2oc(F)c(F)c2c1. The van der Waals surface area contributed by atoms with Crippen molar-refractivity contribution in [3.8, 4) is 0 Å². The molecule has 0 unspecified atom stereocenters. The van der Waals surface area contributed by atoms with Gasteiger partial charge in [-0.05, 0) is 32.2 Å². The Bertz CT molecular complexity index is 577. The first-order valence-electron chi connectivity index (χ1n) is 5.13. The summed E-state index contributed by atoms with van der Waals surface area (Å²) in [5, 5.41) is 2.77. The Morgan fingerprint density at radius 3 is 2.76 bits per heavy atom. The zero-order valence-electron chi connectivity index (χ0n) is 9.38. The lowest BCUT2D eigenvalue weighted by molar-refractivity contribution is 0.0955. The molecule has 1 aromatic heterocycles. The molecule has 0 spiro atoms. The minimum Gasteiger partial charge on any atom is -0.429 e. The van der Waals surface area contributed by atoms with Crippen LogP contribution in [0.15, 0.2) is 22.6 Å². The number of likely N-dealkylation sites (N-methyl/N-ethyl adjacent to an activating group) is 1.